The number of ether oxygens (including phenoxy) is 1. The smallest absolute Gasteiger partial charge is 0.119 e. The van der Waals surface area contributed by atoms with E-state index in [0.29, 0.717) is 5.56 Å². The van der Waals surface area contributed by atoms with Gasteiger partial charge in [-0.3, -0.25) is 0 Å². The summed E-state index contributed by atoms with van der Waals surface area (Å²) in [5.41, 5.74) is 0.676. The molecule has 1 aliphatic rings. The summed E-state index contributed by atoms with van der Waals surface area (Å²) in [6.07, 6.45) is 3.72. The van der Waals surface area contributed by atoms with Crippen molar-refractivity contribution in [2.75, 3.05) is 26.2 Å². The topological polar surface area (TPSA) is 36.3 Å². The lowest BCUT2D eigenvalue weighted by molar-refractivity contribution is 0.177. The van der Waals surface area contributed by atoms with Gasteiger partial charge in [0.15, 0.2) is 0 Å². The summed E-state index contributed by atoms with van der Waals surface area (Å²) in [4.78, 5) is 2.53. The molecular weight excluding hydrogens is 272 g/mol. The van der Waals surface area contributed by atoms with Crippen LogP contribution in [0, 0.1) is 17.2 Å². The van der Waals surface area contributed by atoms with E-state index in [2.05, 4.69) is 17.9 Å². The van der Waals surface area contributed by atoms with Crippen molar-refractivity contribution in [3.8, 4) is 11.8 Å². The average molecular weight is 295 g/mol. The highest BCUT2D eigenvalue weighted by molar-refractivity contribution is 5.85. The summed E-state index contributed by atoms with van der Waals surface area (Å²) < 4.78 is 5.68. The van der Waals surface area contributed by atoms with Crippen molar-refractivity contribution in [3.05, 3.63) is 29.8 Å². The molecule has 1 aliphatic heterocycles. The van der Waals surface area contributed by atoms with Gasteiger partial charge >= 0.3 is 0 Å². The second-order valence-corrected chi connectivity index (χ2v) is 5.36. The maximum absolute atomic E-state index is 8.71. The third kappa shape index (κ3) is 5.40. The van der Waals surface area contributed by atoms with Crippen LogP contribution in [0.1, 0.15) is 31.7 Å². The molecule has 0 N–H and O–H groups in total. The Kier molecular flexibility index (Phi) is 7.43. The Balaban J connectivity index is 0.00000200. The number of likely N-dealkylation sites (tertiary alicyclic amines) is 1. The number of piperidine rings is 1. The van der Waals surface area contributed by atoms with Gasteiger partial charge in [0.2, 0.25) is 0 Å². The van der Waals surface area contributed by atoms with Crippen LogP contribution in [-0.2, 0) is 0 Å². The lowest BCUT2D eigenvalue weighted by atomic mass is 9.99. The normalized spacial score (nSPS) is 16.2. The number of nitriles is 1. The van der Waals surface area contributed by atoms with Crippen molar-refractivity contribution in [1.82, 2.24) is 4.90 Å². The molecule has 110 valence electrons. The van der Waals surface area contributed by atoms with Crippen molar-refractivity contribution in [2.45, 2.75) is 26.2 Å². The molecule has 0 saturated carbocycles. The van der Waals surface area contributed by atoms with Crippen LogP contribution in [0.2, 0.25) is 0 Å². The van der Waals surface area contributed by atoms with Crippen molar-refractivity contribution < 1.29 is 4.74 Å². The van der Waals surface area contributed by atoms with E-state index in [4.69, 9.17) is 10.00 Å². The summed E-state index contributed by atoms with van der Waals surface area (Å²) >= 11 is 0. The highest BCUT2D eigenvalue weighted by Gasteiger charge is 2.14. The fraction of sp³-hybridized carbons (Fsp3) is 0.562. The molecule has 20 heavy (non-hydrogen) atoms. The molecule has 1 saturated heterocycles. The van der Waals surface area contributed by atoms with Crippen LogP contribution in [0.3, 0.4) is 0 Å². The Morgan fingerprint density at radius 2 is 1.90 bits per heavy atom. The van der Waals surface area contributed by atoms with Gasteiger partial charge in [0, 0.05) is 6.54 Å². The van der Waals surface area contributed by atoms with Crippen molar-refractivity contribution in [1.29, 1.82) is 5.26 Å². The number of rotatable bonds is 5. The SMILES string of the molecule is CC1CCN(CCCOc2ccc(C#N)cc2)CC1.Cl. The number of nitrogens with zero attached hydrogens (tertiary/aromatic N) is 2. The van der Waals surface area contributed by atoms with Gasteiger partial charge in [-0.05, 0) is 62.5 Å². The van der Waals surface area contributed by atoms with Gasteiger partial charge in [-0.15, -0.1) is 12.4 Å². The van der Waals surface area contributed by atoms with Gasteiger partial charge in [-0.25, -0.2) is 0 Å². The van der Waals surface area contributed by atoms with E-state index in [0.717, 1.165) is 31.2 Å². The molecule has 1 aromatic rings. The first kappa shape index (κ1) is 16.8. The molecule has 0 radical (unpaired) electrons. The summed E-state index contributed by atoms with van der Waals surface area (Å²) in [7, 11) is 0. The van der Waals surface area contributed by atoms with Gasteiger partial charge < -0.3 is 9.64 Å². The molecule has 0 aromatic heterocycles. The van der Waals surface area contributed by atoms with Crippen LogP contribution in [0.15, 0.2) is 24.3 Å². The molecule has 0 unspecified atom stereocenters. The first-order valence-electron chi connectivity index (χ1n) is 7.13. The van der Waals surface area contributed by atoms with Crippen LogP contribution in [0.4, 0.5) is 0 Å². The zero-order valence-corrected chi connectivity index (χ0v) is 12.9. The summed E-state index contributed by atoms with van der Waals surface area (Å²) in [5, 5.41) is 8.71. The molecule has 1 aromatic carbocycles. The Morgan fingerprint density at radius 1 is 1.25 bits per heavy atom. The van der Waals surface area contributed by atoms with Gasteiger partial charge in [0.25, 0.3) is 0 Å². The molecule has 0 aliphatic carbocycles. The average Bonchev–Trinajstić information content (AvgIpc) is 2.46. The number of halogens is 1. The minimum atomic E-state index is 0. The van der Waals surface area contributed by atoms with Crippen LogP contribution in [0.5, 0.6) is 5.75 Å². The highest BCUT2D eigenvalue weighted by Crippen LogP contribution is 2.16. The molecule has 0 bridgehead atoms. The highest BCUT2D eigenvalue weighted by atomic mass is 35.5. The minimum absolute atomic E-state index is 0. The van der Waals surface area contributed by atoms with E-state index in [1.807, 2.05) is 12.1 Å². The van der Waals surface area contributed by atoms with Gasteiger partial charge in [-0.2, -0.15) is 5.26 Å². The van der Waals surface area contributed by atoms with Crippen molar-refractivity contribution in [2.24, 2.45) is 5.92 Å². The quantitative estimate of drug-likeness (QED) is 0.780. The second kappa shape index (κ2) is 8.84. The molecule has 1 heterocycles. The first-order chi connectivity index (χ1) is 9.28. The Morgan fingerprint density at radius 3 is 2.50 bits per heavy atom. The third-order valence-corrected chi connectivity index (χ3v) is 3.75. The second-order valence-electron chi connectivity index (χ2n) is 5.36. The minimum Gasteiger partial charge on any atom is -0.494 e. The van der Waals surface area contributed by atoms with Crippen LogP contribution >= 0.6 is 12.4 Å². The first-order valence-corrected chi connectivity index (χ1v) is 7.13. The molecular formula is C16H23ClN2O. The third-order valence-electron chi connectivity index (χ3n) is 3.75. The molecule has 1 fully saturated rings. The largest absolute Gasteiger partial charge is 0.494 e. The summed E-state index contributed by atoms with van der Waals surface area (Å²) in [6, 6.07) is 9.42. The maximum atomic E-state index is 8.71. The van der Waals surface area contributed by atoms with E-state index >= 15 is 0 Å². The van der Waals surface area contributed by atoms with E-state index in [1.165, 1.54) is 25.9 Å². The zero-order valence-electron chi connectivity index (χ0n) is 12.0. The van der Waals surface area contributed by atoms with Crippen molar-refractivity contribution in [3.63, 3.8) is 0 Å². The number of benzene rings is 1. The Labute approximate surface area is 127 Å². The van der Waals surface area contributed by atoms with Gasteiger partial charge in [-0.1, -0.05) is 6.92 Å². The standard InChI is InChI=1S/C16H22N2O.ClH/c1-14-7-10-18(11-8-14)9-2-12-19-16-5-3-15(13-17)4-6-16;/h3-6,14H,2,7-12H2,1H3;1H. The van der Waals surface area contributed by atoms with E-state index in [-0.39, 0.29) is 12.4 Å². The lowest BCUT2D eigenvalue weighted by Crippen LogP contribution is -2.34. The van der Waals surface area contributed by atoms with Crippen LogP contribution in [-0.4, -0.2) is 31.1 Å². The number of hydrogen-bond acceptors (Lipinski definition) is 3. The zero-order chi connectivity index (χ0) is 13.5. The van der Waals surface area contributed by atoms with Crippen LogP contribution in [0.25, 0.3) is 0 Å². The molecule has 0 amide bonds. The summed E-state index contributed by atoms with van der Waals surface area (Å²) in [5.74, 6) is 1.75. The lowest BCUT2D eigenvalue weighted by Gasteiger charge is -2.30. The van der Waals surface area contributed by atoms with E-state index < -0.39 is 0 Å². The molecule has 4 heteroatoms. The molecule has 2 rings (SSSR count). The predicted octanol–water partition coefficient (Wildman–Crippen LogP) is 3.48. The number of hydrogen-bond donors (Lipinski definition) is 0. The molecule has 0 spiro atoms. The predicted molar refractivity (Wildman–Crippen MR) is 83.4 cm³/mol. The Bertz CT molecular complexity index is 419. The van der Waals surface area contributed by atoms with Gasteiger partial charge in [0.1, 0.15) is 5.75 Å². The van der Waals surface area contributed by atoms with Crippen LogP contribution < -0.4 is 4.74 Å². The fourth-order valence-corrected chi connectivity index (χ4v) is 2.39. The fourth-order valence-electron chi connectivity index (χ4n) is 2.39. The van der Waals surface area contributed by atoms with E-state index in [9.17, 15) is 0 Å². The molecule has 3 nitrogen and oxygen atoms in total. The van der Waals surface area contributed by atoms with Crippen molar-refractivity contribution >= 4 is 12.4 Å². The molecule has 0 atom stereocenters. The van der Waals surface area contributed by atoms with E-state index in [1.54, 1.807) is 12.1 Å². The maximum Gasteiger partial charge on any atom is 0.119 e. The van der Waals surface area contributed by atoms with Gasteiger partial charge in [0.05, 0.1) is 18.2 Å². The summed E-state index contributed by atoms with van der Waals surface area (Å²) in [6.45, 7) is 6.68. The Hall–Kier alpha value is -1.24. The monoisotopic (exact) mass is 294 g/mol.